The highest BCUT2D eigenvalue weighted by atomic mass is 35.5. The van der Waals surface area contributed by atoms with Gasteiger partial charge in [-0.25, -0.2) is 0 Å². The number of carbonyl (C=O) groups is 2. The van der Waals surface area contributed by atoms with Gasteiger partial charge in [0, 0.05) is 22.7 Å². The molecule has 0 unspecified atom stereocenters. The van der Waals surface area contributed by atoms with Crippen LogP contribution in [0.1, 0.15) is 29.3 Å². The standard InChI is InChI=1S/C21H20ClNO4/c1-3-11-23-18-10-7-15(22)12-17(18)21(26,20(23)25)13-19(24)14-5-8-16(9-6-14)27-4-2/h3,5-10,12,26H,1,4,11,13H2,2H3/t21-/m1/s1. The first-order valence-electron chi connectivity index (χ1n) is 8.62. The summed E-state index contributed by atoms with van der Waals surface area (Å²) in [6, 6.07) is 11.5. The molecule has 140 valence electrons. The minimum Gasteiger partial charge on any atom is -0.494 e. The van der Waals surface area contributed by atoms with Crippen molar-refractivity contribution in [3.05, 3.63) is 71.3 Å². The molecule has 1 atom stereocenters. The molecule has 2 aromatic carbocycles. The number of halogens is 1. The van der Waals surface area contributed by atoms with Crippen LogP contribution in [0.15, 0.2) is 55.1 Å². The summed E-state index contributed by atoms with van der Waals surface area (Å²) in [5, 5.41) is 11.6. The van der Waals surface area contributed by atoms with E-state index in [9.17, 15) is 14.7 Å². The number of rotatable bonds is 7. The summed E-state index contributed by atoms with van der Waals surface area (Å²) in [6.45, 7) is 6.28. The Morgan fingerprint density at radius 3 is 2.63 bits per heavy atom. The molecule has 0 spiro atoms. The van der Waals surface area contributed by atoms with Gasteiger partial charge in [-0.1, -0.05) is 17.7 Å². The van der Waals surface area contributed by atoms with E-state index >= 15 is 0 Å². The smallest absolute Gasteiger partial charge is 0.264 e. The zero-order valence-electron chi connectivity index (χ0n) is 14.9. The maximum atomic E-state index is 12.9. The van der Waals surface area contributed by atoms with E-state index in [4.69, 9.17) is 16.3 Å². The van der Waals surface area contributed by atoms with Crippen LogP contribution in [-0.4, -0.2) is 29.9 Å². The van der Waals surface area contributed by atoms with Crippen LogP contribution in [0.3, 0.4) is 0 Å². The minimum absolute atomic E-state index is 0.229. The molecule has 1 aliphatic rings. The number of fused-ring (bicyclic) bond motifs is 1. The molecule has 0 bridgehead atoms. The molecule has 2 aromatic rings. The maximum absolute atomic E-state index is 12.9. The lowest BCUT2D eigenvalue weighted by Crippen LogP contribution is -2.41. The molecule has 0 saturated carbocycles. The number of aliphatic hydroxyl groups is 1. The number of anilines is 1. The molecule has 6 heteroatoms. The normalized spacial score (nSPS) is 18.3. The first kappa shape index (κ1) is 19.1. The Morgan fingerprint density at radius 2 is 2.00 bits per heavy atom. The van der Waals surface area contributed by atoms with Gasteiger partial charge in [-0.3, -0.25) is 9.59 Å². The van der Waals surface area contributed by atoms with Gasteiger partial charge in [0.05, 0.1) is 18.7 Å². The summed E-state index contributed by atoms with van der Waals surface area (Å²) in [5.74, 6) is -0.252. The molecule has 1 amide bonds. The van der Waals surface area contributed by atoms with Crippen molar-refractivity contribution >= 4 is 29.0 Å². The number of ether oxygens (including phenoxy) is 1. The Morgan fingerprint density at radius 1 is 1.30 bits per heavy atom. The molecular formula is C21H20ClNO4. The van der Waals surface area contributed by atoms with Crippen LogP contribution in [0, 0.1) is 0 Å². The number of ketones is 1. The van der Waals surface area contributed by atoms with Crippen LogP contribution < -0.4 is 9.64 Å². The third-order valence-electron chi connectivity index (χ3n) is 4.51. The predicted molar refractivity (Wildman–Crippen MR) is 104 cm³/mol. The van der Waals surface area contributed by atoms with Gasteiger partial charge in [0.25, 0.3) is 5.91 Å². The van der Waals surface area contributed by atoms with Crippen molar-refractivity contribution < 1.29 is 19.4 Å². The molecule has 1 N–H and O–H groups in total. The van der Waals surface area contributed by atoms with E-state index in [0.717, 1.165) is 0 Å². The Bertz CT molecular complexity index is 894. The summed E-state index contributed by atoms with van der Waals surface area (Å²) < 4.78 is 5.37. The van der Waals surface area contributed by atoms with Crippen molar-refractivity contribution in [3.63, 3.8) is 0 Å². The second-order valence-electron chi connectivity index (χ2n) is 6.28. The maximum Gasteiger partial charge on any atom is 0.264 e. The molecule has 27 heavy (non-hydrogen) atoms. The SMILES string of the molecule is C=CCN1C(=O)[C@@](O)(CC(=O)c2ccc(OCC)cc2)c2cc(Cl)ccc21. The average Bonchev–Trinajstić information content (AvgIpc) is 2.84. The van der Waals surface area contributed by atoms with E-state index in [1.54, 1.807) is 42.5 Å². The van der Waals surface area contributed by atoms with Gasteiger partial charge in [-0.15, -0.1) is 6.58 Å². The predicted octanol–water partition coefficient (Wildman–Crippen LogP) is 3.73. The highest BCUT2D eigenvalue weighted by molar-refractivity contribution is 6.31. The molecule has 1 aliphatic heterocycles. The van der Waals surface area contributed by atoms with E-state index in [0.29, 0.717) is 34.2 Å². The topological polar surface area (TPSA) is 66.8 Å². The van der Waals surface area contributed by atoms with Gasteiger partial charge < -0.3 is 14.7 Å². The summed E-state index contributed by atoms with van der Waals surface area (Å²) in [7, 11) is 0. The largest absolute Gasteiger partial charge is 0.494 e. The third-order valence-corrected chi connectivity index (χ3v) is 4.74. The van der Waals surface area contributed by atoms with Gasteiger partial charge in [-0.05, 0) is 49.4 Å². The van der Waals surface area contributed by atoms with E-state index in [2.05, 4.69) is 6.58 Å². The molecule has 0 saturated heterocycles. The minimum atomic E-state index is -1.96. The molecule has 0 aliphatic carbocycles. The fourth-order valence-electron chi connectivity index (χ4n) is 3.24. The van der Waals surface area contributed by atoms with Crippen LogP contribution >= 0.6 is 11.6 Å². The summed E-state index contributed by atoms with van der Waals surface area (Å²) in [4.78, 5) is 27.1. The van der Waals surface area contributed by atoms with Crippen molar-refractivity contribution in [1.82, 2.24) is 0 Å². The highest BCUT2D eigenvalue weighted by Gasteiger charge is 2.50. The molecule has 0 fully saturated rings. The van der Waals surface area contributed by atoms with Crippen molar-refractivity contribution in [2.24, 2.45) is 0 Å². The van der Waals surface area contributed by atoms with Gasteiger partial charge in [-0.2, -0.15) is 0 Å². The van der Waals surface area contributed by atoms with Crippen LogP contribution in [-0.2, 0) is 10.4 Å². The highest BCUT2D eigenvalue weighted by Crippen LogP contribution is 2.44. The van der Waals surface area contributed by atoms with Crippen LogP contribution in [0.25, 0.3) is 0 Å². The number of Topliss-reactive ketones (excluding diaryl/α,β-unsaturated/α-hetero) is 1. The van der Waals surface area contributed by atoms with Gasteiger partial charge >= 0.3 is 0 Å². The van der Waals surface area contributed by atoms with Crippen LogP contribution in [0.2, 0.25) is 5.02 Å². The zero-order valence-corrected chi connectivity index (χ0v) is 15.7. The van der Waals surface area contributed by atoms with Gasteiger partial charge in [0.2, 0.25) is 0 Å². The summed E-state index contributed by atoms with van der Waals surface area (Å²) in [6.07, 6.45) is 1.19. The lowest BCUT2D eigenvalue weighted by Gasteiger charge is -2.22. The fourth-order valence-corrected chi connectivity index (χ4v) is 3.41. The molecule has 0 aromatic heterocycles. The molecule has 0 radical (unpaired) electrons. The lowest BCUT2D eigenvalue weighted by molar-refractivity contribution is -0.135. The van der Waals surface area contributed by atoms with E-state index in [1.165, 1.54) is 11.0 Å². The van der Waals surface area contributed by atoms with E-state index in [1.807, 2.05) is 6.92 Å². The van der Waals surface area contributed by atoms with Crippen molar-refractivity contribution in [2.75, 3.05) is 18.1 Å². The number of amides is 1. The number of carbonyl (C=O) groups excluding carboxylic acids is 2. The molecule has 5 nitrogen and oxygen atoms in total. The number of hydrogen-bond donors (Lipinski definition) is 1. The first-order chi connectivity index (χ1) is 12.9. The number of hydrogen-bond acceptors (Lipinski definition) is 4. The van der Waals surface area contributed by atoms with E-state index < -0.39 is 11.5 Å². The van der Waals surface area contributed by atoms with Crippen molar-refractivity contribution in [3.8, 4) is 5.75 Å². The number of nitrogens with zero attached hydrogens (tertiary/aromatic N) is 1. The summed E-state index contributed by atoms with van der Waals surface area (Å²) in [5.41, 5.74) is -0.698. The Labute approximate surface area is 162 Å². The Balaban J connectivity index is 1.93. The number of benzene rings is 2. The first-order valence-corrected chi connectivity index (χ1v) is 9.00. The molecule has 3 rings (SSSR count). The average molecular weight is 386 g/mol. The zero-order chi connectivity index (χ0) is 19.6. The van der Waals surface area contributed by atoms with Gasteiger partial charge in [0.1, 0.15) is 5.75 Å². The quantitative estimate of drug-likeness (QED) is 0.582. The second kappa shape index (κ2) is 7.55. The third kappa shape index (κ3) is 3.48. The Hall–Kier alpha value is -2.63. The van der Waals surface area contributed by atoms with Crippen molar-refractivity contribution in [1.29, 1.82) is 0 Å². The van der Waals surface area contributed by atoms with Gasteiger partial charge in [0.15, 0.2) is 11.4 Å². The van der Waals surface area contributed by atoms with Crippen molar-refractivity contribution in [2.45, 2.75) is 18.9 Å². The monoisotopic (exact) mass is 385 g/mol. The van der Waals surface area contributed by atoms with Crippen LogP contribution in [0.4, 0.5) is 5.69 Å². The summed E-state index contributed by atoms with van der Waals surface area (Å²) >= 11 is 6.06. The lowest BCUT2D eigenvalue weighted by atomic mass is 9.88. The Kier molecular flexibility index (Phi) is 5.35. The second-order valence-corrected chi connectivity index (χ2v) is 6.72. The van der Waals surface area contributed by atoms with E-state index in [-0.39, 0.29) is 18.7 Å². The molecular weight excluding hydrogens is 366 g/mol. The molecule has 1 heterocycles. The fraction of sp³-hybridized carbons (Fsp3) is 0.238. The van der Waals surface area contributed by atoms with Crippen LogP contribution in [0.5, 0.6) is 5.75 Å².